The van der Waals surface area contributed by atoms with E-state index in [2.05, 4.69) is 0 Å². The fourth-order valence-electron chi connectivity index (χ4n) is 1.75. The average Bonchev–Trinajstić information content (AvgIpc) is 2.47. The number of rotatable bonds is 2. The van der Waals surface area contributed by atoms with Gasteiger partial charge in [-0.2, -0.15) is 0 Å². The van der Waals surface area contributed by atoms with Gasteiger partial charge in [-0.05, 0) is 17.5 Å². The molecule has 76 valence electrons. The monoisotopic (exact) mass is 201 g/mol. The summed E-state index contributed by atoms with van der Waals surface area (Å²) in [4.78, 5) is 0. The van der Waals surface area contributed by atoms with E-state index in [9.17, 15) is 12.9 Å². The van der Waals surface area contributed by atoms with E-state index in [1.807, 2.05) is 0 Å². The maximum atomic E-state index is 12.2. The molecule has 0 spiro atoms. The van der Waals surface area contributed by atoms with Gasteiger partial charge >= 0.3 is 6.98 Å². The molecule has 0 aliphatic carbocycles. The fraction of sp³-hybridized carbons (Fsp3) is 0.333. The van der Waals surface area contributed by atoms with Gasteiger partial charge in [0.25, 0.3) is 0 Å². The summed E-state index contributed by atoms with van der Waals surface area (Å²) in [5.41, 5.74) is 0.687. The Balaban J connectivity index is 2.18. The third kappa shape index (κ3) is 1.86. The Morgan fingerprint density at radius 1 is 1.29 bits per heavy atom. The SMILES string of the molecule is F[B-](F)(F)CC1COc2ccccc21. The van der Waals surface area contributed by atoms with Crippen molar-refractivity contribution in [1.82, 2.24) is 0 Å². The topological polar surface area (TPSA) is 9.23 Å². The van der Waals surface area contributed by atoms with Crippen molar-refractivity contribution in [3.8, 4) is 5.75 Å². The molecule has 0 saturated carbocycles. The molecule has 1 nitrogen and oxygen atoms in total. The van der Waals surface area contributed by atoms with E-state index in [0.717, 1.165) is 0 Å². The zero-order valence-corrected chi connectivity index (χ0v) is 7.42. The van der Waals surface area contributed by atoms with E-state index in [0.29, 0.717) is 11.3 Å². The predicted octanol–water partition coefficient (Wildman–Crippen LogP) is 3.01. The first-order valence-corrected chi connectivity index (χ1v) is 4.49. The third-order valence-corrected chi connectivity index (χ3v) is 2.35. The molecule has 1 unspecified atom stereocenters. The molecule has 1 aromatic rings. The van der Waals surface area contributed by atoms with E-state index in [-0.39, 0.29) is 6.61 Å². The molecule has 0 radical (unpaired) electrons. The normalized spacial score (nSPS) is 20.4. The van der Waals surface area contributed by atoms with Gasteiger partial charge in [-0.25, -0.2) is 0 Å². The van der Waals surface area contributed by atoms with Crippen LogP contribution in [0.15, 0.2) is 24.3 Å². The number of hydrogen-bond donors (Lipinski definition) is 0. The second kappa shape index (κ2) is 3.22. The van der Waals surface area contributed by atoms with E-state index in [1.54, 1.807) is 24.3 Å². The highest BCUT2D eigenvalue weighted by Crippen LogP contribution is 2.39. The summed E-state index contributed by atoms with van der Waals surface area (Å²) >= 11 is 0. The van der Waals surface area contributed by atoms with Crippen molar-refractivity contribution in [2.75, 3.05) is 6.61 Å². The molecule has 0 aromatic heterocycles. The summed E-state index contributed by atoms with van der Waals surface area (Å²) in [5, 5.41) is 0. The van der Waals surface area contributed by atoms with Crippen LogP contribution in [0, 0.1) is 0 Å². The number of para-hydroxylation sites is 1. The summed E-state index contributed by atoms with van der Waals surface area (Å²) in [6.07, 6.45) is -0.739. The standard InChI is InChI=1S/C9H9BF3O/c11-10(12,13)5-7-6-14-9-4-2-1-3-8(7)9/h1-4,7H,5-6H2/q-1. The molecule has 2 rings (SSSR count). The minimum Gasteiger partial charge on any atom is -0.493 e. The van der Waals surface area contributed by atoms with Crippen molar-refractivity contribution in [1.29, 1.82) is 0 Å². The number of benzene rings is 1. The Morgan fingerprint density at radius 2 is 2.00 bits per heavy atom. The van der Waals surface area contributed by atoms with Gasteiger partial charge in [-0.15, -0.1) is 0 Å². The Hall–Kier alpha value is -1.13. The van der Waals surface area contributed by atoms with Gasteiger partial charge in [-0.3, -0.25) is 0 Å². The van der Waals surface area contributed by atoms with Gasteiger partial charge in [0, 0.05) is 0 Å². The number of hydrogen-bond acceptors (Lipinski definition) is 1. The van der Waals surface area contributed by atoms with Crippen LogP contribution in [-0.2, 0) is 0 Å². The first-order chi connectivity index (χ1) is 6.56. The smallest absolute Gasteiger partial charge is 0.479 e. The summed E-state index contributed by atoms with van der Waals surface area (Å²) < 4.78 is 41.8. The van der Waals surface area contributed by atoms with Crippen molar-refractivity contribution in [2.24, 2.45) is 0 Å². The van der Waals surface area contributed by atoms with Crippen LogP contribution in [0.4, 0.5) is 12.9 Å². The Kier molecular flexibility index (Phi) is 2.17. The first kappa shape index (κ1) is 9.43. The van der Waals surface area contributed by atoms with Crippen LogP contribution in [0.3, 0.4) is 0 Å². The minimum absolute atomic E-state index is 0.153. The molecule has 1 atom stereocenters. The van der Waals surface area contributed by atoms with Crippen LogP contribution in [-0.4, -0.2) is 13.6 Å². The lowest BCUT2D eigenvalue weighted by Crippen LogP contribution is -2.19. The molecule has 0 amide bonds. The summed E-state index contributed by atoms with van der Waals surface area (Å²) in [6, 6.07) is 6.91. The highest BCUT2D eigenvalue weighted by atomic mass is 19.4. The van der Waals surface area contributed by atoms with Crippen molar-refractivity contribution < 1.29 is 17.7 Å². The lowest BCUT2D eigenvalue weighted by atomic mass is 9.76. The second-order valence-electron chi connectivity index (χ2n) is 3.49. The number of halogens is 3. The van der Waals surface area contributed by atoms with Crippen LogP contribution in [0.2, 0.25) is 6.32 Å². The van der Waals surface area contributed by atoms with E-state index in [1.165, 1.54) is 0 Å². The third-order valence-electron chi connectivity index (χ3n) is 2.35. The Bertz CT molecular complexity index is 337. The number of ether oxygens (including phenoxy) is 1. The van der Waals surface area contributed by atoms with Crippen LogP contribution in [0.5, 0.6) is 5.75 Å². The summed E-state index contributed by atoms with van der Waals surface area (Å²) in [6.45, 7) is -4.57. The lowest BCUT2D eigenvalue weighted by molar-refractivity contribution is 0.328. The predicted molar refractivity (Wildman–Crippen MR) is 48.6 cm³/mol. The lowest BCUT2D eigenvalue weighted by Gasteiger charge is -2.17. The summed E-state index contributed by atoms with van der Waals surface area (Å²) in [7, 11) is 0. The van der Waals surface area contributed by atoms with Gasteiger partial charge in [-0.1, -0.05) is 24.5 Å². The zero-order chi connectivity index (χ0) is 10.2. The molecular formula is C9H9BF3O-. The fourth-order valence-corrected chi connectivity index (χ4v) is 1.75. The minimum atomic E-state index is -4.73. The quantitative estimate of drug-likeness (QED) is 0.668. The number of fused-ring (bicyclic) bond motifs is 1. The van der Waals surface area contributed by atoms with Crippen molar-refractivity contribution in [3.63, 3.8) is 0 Å². The van der Waals surface area contributed by atoms with Crippen LogP contribution in [0.25, 0.3) is 0 Å². The van der Waals surface area contributed by atoms with Crippen LogP contribution < -0.4 is 4.74 Å². The van der Waals surface area contributed by atoms with E-state index in [4.69, 9.17) is 4.74 Å². The van der Waals surface area contributed by atoms with Crippen molar-refractivity contribution in [2.45, 2.75) is 12.2 Å². The molecule has 0 saturated heterocycles. The van der Waals surface area contributed by atoms with E-state index >= 15 is 0 Å². The maximum Gasteiger partial charge on any atom is 0.479 e. The summed E-state index contributed by atoms with van der Waals surface area (Å²) in [5.74, 6) is 0.0868. The Labute approximate surface area is 79.9 Å². The van der Waals surface area contributed by atoms with Gasteiger partial charge in [0.05, 0.1) is 6.61 Å². The maximum absolute atomic E-state index is 12.2. The molecule has 0 N–H and O–H groups in total. The van der Waals surface area contributed by atoms with Gasteiger partial charge in [0.15, 0.2) is 0 Å². The average molecular weight is 201 g/mol. The molecule has 14 heavy (non-hydrogen) atoms. The molecule has 0 bridgehead atoms. The largest absolute Gasteiger partial charge is 0.493 e. The molecule has 1 aliphatic heterocycles. The molecule has 1 heterocycles. The second-order valence-corrected chi connectivity index (χ2v) is 3.49. The molecule has 5 heteroatoms. The molecular weight excluding hydrogens is 192 g/mol. The van der Waals surface area contributed by atoms with Gasteiger partial charge in [0.2, 0.25) is 0 Å². The Morgan fingerprint density at radius 3 is 2.71 bits per heavy atom. The molecule has 1 aromatic carbocycles. The van der Waals surface area contributed by atoms with Crippen LogP contribution in [0.1, 0.15) is 11.5 Å². The van der Waals surface area contributed by atoms with Gasteiger partial charge < -0.3 is 17.7 Å². The molecule has 0 fully saturated rings. The highest BCUT2D eigenvalue weighted by Gasteiger charge is 2.32. The zero-order valence-electron chi connectivity index (χ0n) is 7.42. The highest BCUT2D eigenvalue weighted by molar-refractivity contribution is 6.58. The van der Waals surface area contributed by atoms with Crippen molar-refractivity contribution >= 4 is 6.98 Å². The van der Waals surface area contributed by atoms with Crippen molar-refractivity contribution in [3.05, 3.63) is 29.8 Å². The van der Waals surface area contributed by atoms with Gasteiger partial charge in [0.1, 0.15) is 5.75 Å². The van der Waals surface area contributed by atoms with Crippen LogP contribution >= 0.6 is 0 Å². The first-order valence-electron chi connectivity index (χ1n) is 4.49. The van der Waals surface area contributed by atoms with E-state index < -0.39 is 19.2 Å². The molecule has 1 aliphatic rings.